The summed E-state index contributed by atoms with van der Waals surface area (Å²) in [4.78, 5) is 26.9. The van der Waals surface area contributed by atoms with Gasteiger partial charge >= 0.3 is 0 Å². The van der Waals surface area contributed by atoms with Crippen LogP contribution in [0.25, 0.3) is 11.4 Å². The molecule has 1 N–H and O–H groups in total. The molecule has 4 rings (SSSR count). The first-order valence-corrected chi connectivity index (χ1v) is 7.21. The summed E-state index contributed by atoms with van der Waals surface area (Å²) in [5.41, 5.74) is 2.36. The first-order chi connectivity index (χ1) is 11.3. The van der Waals surface area contributed by atoms with Gasteiger partial charge in [0.25, 0.3) is 0 Å². The molecule has 0 spiro atoms. The molecule has 1 aromatic carbocycles. The van der Waals surface area contributed by atoms with Gasteiger partial charge in [0.15, 0.2) is 11.6 Å². The molecule has 0 radical (unpaired) electrons. The molecule has 0 saturated carbocycles. The number of amides is 1. The number of rotatable bonds is 2. The predicted octanol–water partition coefficient (Wildman–Crippen LogP) is 2.63. The molecule has 0 atom stereocenters. The van der Waals surface area contributed by atoms with E-state index in [2.05, 4.69) is 20.3 Å². The summed E-state index contributed by atoms with van der Waals surface area (Å²) < 4.78 is 0. The lowest BCUT2D eigenvalue weighted by Gasteiger charge is -2.29. The minimum absolute atomic E-state index is 0.0842. The molecule has 1 aliphatic heterocycles. The van der Waals surface area contributed by atoms with Crippen LogP contribution in [0.1, 0.15) is 0 Å². The SMILES string of the molecule is O=C1CN(c2ccccc2)c2nc(-c3cccnc3)ncc2N1. The number of aromatic nitrogens is 3. The third-order valence-corrected chi connectivity index (χ3v) is 3.59. The van der Waals surface area contributed by atoms with Crippen LogP contribution in [0.4, 0.5) is 17.2 Å². The second kappa shape index (κ2) is 5.49. The fourth-order valence-electron chi connectivity index (χ4n) is 2.53. The van der Waals surface area contributed by atoms with E-state index >= 15 is 0 Å². The molecule has 0 fully saturated rings. The Kier molecular flexibility index (Phi) is 3.20. The number of pyridine rings is 1. The summed E-state index contributed by atoms with van der Waals surface area (Å²) in [6.45, 7) is 0.223. The number of anilines is 3. The van der Waals surface area contributed by atoms with Crippen LogP contribution in [0.3, 0.4) is 0 Å². The van der Waals surface area contributed by atoms with Crippen molar-refractivity contribution in [3.63, 3.8) is 0 Å². The maximum absolute atomic E-state index is 11.9. The Morgan fingerprint density at radius 1 is 1.04 bits per heavy atom. The molecule has 3 aromatic rings. The van der Waals surface area contributed by atoms with Gasteiger partial charge in [-0.05, 0) is 24.3 Å². The second-order valence-electron chi connectivity index (χ2n) is 5.14. The number of nitrogens with zero attached hydrogens (tertiary/aromatic N) is 4. The molecule has 1 aliphatic rings. The van der Waals surface area contributed by atoms with E-state index < -0.39 is 0 Å². The summed E-state index contributed by atoms with van der Waals surface area (Å²) in [6, 6.07) is 13.5. The van der Waals surface area contributed by atoms with E-state index in [1.54, 1.807) is 18.6 Å². The number of carbonyl (C=O) groups is 1. The van der Waals surface area contributed by atoms with Crippen LogP contribution in [-0.4, -0.2) is 27.4 Å². The average molecular weight is 303 g/mol. The highest BCUT2D eigenvalue weighted by atomic mass is 16.2. The van der Waals surface area contributed by atoms with Gasteiger partial charge in [-0.3, -0.25) is 9.78 Å². The Bertz CT molecular complexity index is 851. The quantitative estimate of drug-likeness (QED) is 0.788. The average Bonchev–Trinajstić information content (AvgIpc) is 2.62. The number of nitrogens with one attached hydrogen (secondary N) is 1. The van der Waals surface area contributed by atoms with Crippen molar-refractivity contribution < 1.29 is 4.79 Å². The smallest absolute Gasteiger partial charge is 0.244 e. The molecule has 112 valence electrons. The zero-order valence-corrected chi connectivity index (χ0v) is 12.2. The van der Waals surface area contributed by atoms with E-state index in [1.165, 1.54) is 0 Å². The van der Waals surface area contributed by atoms with Crippen LogP contribution in [0.5, 0.6) is 0 Å². The normalized spacial score (nSPS) is 13.4. The van der Waals surface area contributed by atoms with Crippen molar-refractivity contribution in [3.8, 4) is 11.4 Å². The summed E-state index contributed by atoms with van der Waals surface area (Å²) in [7, 11) is 0. The van der Waals surface area contributed by atoms with E-state index in [4.69, 9.17) is 0 Å². The van der Waals surface area contributed by atoms with Crippen LogP contribution in [-0.2, 0) is 4.79 Å². The Hall–Kier alpha value is -3.28. The maximum atomic E-state index is 11.9. The van der Waals surface area contributed by atoms with E-state index in [-0.39, 0.29) is 12.5 Å². The summed E-state index contributed by atoms with van der Waals surface area (Å²) >= 11 is 0. The largest absolute Gasteiger partial charge is 0.320 e. The molecule has 3 heterocycles. The van der Waals surface area contributed by atoms with Gasteiger partial charge < -0.3 is 10.2 Å². The van der Waals surface area contributed by atoms with E-state index in [0.29, 0.717) is 17.3 Å². The molecule has 2 aromatic heterocycles. The maximum Gasteiger partial charge on any atom is 0.244 e. The molecule has 0 unspecified atom stereocenters. The minimum atomic E-state index is -0.0842. The zero-order chi connectivity index (χ0) is 15.6. The topological polar surface area (TPSA) is 71.0 Å². The van der Waals surface area contributed by atoms with Crippen LogP contribution in [0.15, 0.2) is 61.1 Å². The number of fused-ring (bicyclic) bond motifs is 1. The minimum Gasteiger partial charge on any atom is -0.320 e. The van der Waals surface area contributed by atoms with Crippen molar-refractivity contribution in [2.45, 2.75) is 0 Å². The Morgan fingerprint density at radius 3 is 2.70 bits per heavy atom. The fraction of sp³-hybridized carbons (Fsp3) is 0.0588. The Labute approximate surface area is 132 Å². The van der Waals surface area contributed by atoms with Gasteiger partial charge in [-0.2, -0.15) is 0 Å². The van der Waals surface area contributed by atoms with Crippen molar-refractivity contribution in [1.29, 1.82) is 0 Å². The number of carbonyl (C=O) groups excluding carboxylic acids is 1. The summed E-state index contributed by atoms with van der Waals surface area (Å²) in [5, 5.41) is 2.82. The first-order valence-electron chi connectivity index (χ1n) is 7.21. The van der Waals surface area contributed by atoms with Crippen molar-refractivity contribution in [1.82, 2.24) is 15.0 Å². The van der Waals surface area contributed by atoms with Crippen molar-refractivity contribution in [2.24, 2.45) is 0 Å². The second-order valence-corrected chi connectivity index (χ2v) is 5.14. The number of benzene rings is 1. The van der Waals surface area contributed by atoms with Crippen molar-refractivity contribution in [3.05, 3.63) is 61.1 Å². The molecule has 0 aliphatic carbocycles. The van der Waals surface area contributed by atoms with Crippen LogP contribution < -0.4 is 10.2 Å². The van der Waals surface area contributed by atoms with E-state index in [1.807, 2.05) is 47.4 Å². The predicted molar refractivity (Wildman–Crippen MR) is 87.3 cm³/mol. The highest BCUT2D eigenvalue weighted by Crippen LogP contribution is 2.33. The van der Waals surface area contributed by atoms with Crippen molar-refractivity contribution >= 4 is 23.1 Å². The lowest BCUT2D eigenvalue weighted by atomic mass is 10.2. The van der Waals surface area contributed by atoms with Crippen molar-refractivity contribution in [2.75, 3.05) is 16.8 Å². The molecule has 6 heteroatoms. The summed E-state index contributed by atoms with van der Waals surface area (Å²) in [6.07, 6.45) is 5.06. The molecule has 0 saturated heterocycles. The highest BCUT2D eigenvalue weighted by Gasteiger charge is 2.25. The monoisotopic (exact) mass is 303 g/mol. The van der Waals surface area contributed by atoms with Gasteiger partial charge in [-0.25, -0.2) is 9.97 Å². The lowest BCUT2D eigenvalue weighted by Crippen LogP contribution is -2.35. The molecule has 0 bridgehead atoms. The van der Waals surface area contributed by atoms with Crippen LogP contribution >= 0.6 is 0 Å². The number of para-hydroxylation sites is 1. The van der Waals surface area contributed by atoms with Gasteiger partial charge in [0, 0.05) is 23.6 Å². The first kappa shape index (κ1) is 13.4. The lowest BCUT2D eigenvalue weighted by molar-refractivity contribution is -0.115. The molecular formula is C17H13N5O. The van der Waals surface area contributed by atoms with Gasteiger partial charge in [-0.15, -0.1) is 0 Å². The van der Waals surface area contributed by atoms with Gasteiger partial charge in [0.05, 0.1) is 6.20 Å². The molecular weight excluding hydrogens is 290 g/mol. The van der Waals surface area contributed by atoms with E-state index in [0.717, 1.165) is 11.3 Å². The zero-order valence-electron chi connectivity index (χ0n) is 12.2. The van der Waals surface area contributed by atoms with E-state index in [9.17, 15) is 4.79 Å². The third-order valence-electron chi connectivity index (χ3n) is 3.59. The molecule has 6 nitrogen and oxygen atoms in total. The standard InChI is InChI=1S/C17H13N5O/c23-15-11-22(13-6-2-1-3-7-13)17-14(20-15)10-19-16(21-17)12-5-4-8-18-9-12/h1-10H,11H2,(H,20,23). The number of hydrogen-bond donors (Lipinski definition) is 1. The summed E-state index contributed by atoms with van der Waals surface area (Å²) in [5.74, 6) is 1.18. The van der Waals surface area contributed by atoms with Gasteiger partial charge in [0.1, 0.15) is 12.2 Å². The Balaban J connectivity index is 1.83. The number of hydrogen-bond acceptors (Lipinski definition) is 5. The van der Waals surface area contributed by atoms with Gasteiger partial charge in [0.2, 0.25) is 5.91 Å². The third kappa shape index (κ3) is 2.50. The van der Waals surface area contributed by atoms with Crippen LogP contribution in [0.2, 0.25) is 0 Å². The molecule has 23 heavy (non-hydrogen) atoms. The highest BCUT2D eigenvalue weighted by molar-refractivity contribution is 6.02. The molecule has 1 amide bonds. The van der Waals surface area contributed by atoms with Crippen LogP contribution in [0, 0.1) is 0 Å². The fourth-order valence-corrected chi connectivity index (χ4v) is 2.53. The Morgan fingerprint density at radius 2 is 1.91 bits per heavy atom. The van der Waals surface area contributed by atoms with Gasteiger partial charge in [-0.1, -0.05) is 18.2 Å².